The Hall–Kier alpha value is -0.662. The third-order valence-corrected chi connectivity index (χ3v) is 3.97. The molecule has 3 rings (SSSR count). The minimum Gasteiger partial charge on any atom is -0.661 e. The second kappa shape index (κ2) is 5.54. The molecule has 1 amide bonds. The summed E-state index contributed by atoms with van der Waals surface area (Å²) in [6.45, 7) is 2.51. The number of hydrogen-bond donors (Lipinski definition) is 0. The Morgan fingerprint density at radius 3 is 2.61 bits per heavy atom. The number of anilines is 1. The number of carbonyl (C=O) groups is 1. The van der Waals surface area contributed by atoms with E-state index in [0.717, 1.165) is 44.6 Å². The van der Waals surface area contributed by atoms with E-state index >= 15 is 0 Å². The molecule has 1 aromatic rings. The third kappa shape index (κ3) is 2.26. The van der Waals surface area contributed by atoms with Crippen molar-refractivity contribution in [1.29, 1.82) is 0 Å². The molecule has 18 heavy (non-hydrogen) atoms. The first-order valence-electron chi connectivity index (χ1n) is 6.32. The van der Waals surface area contributed by atoms with Crippen molar-refractivity contribution >= 4 is 11.6 Å². The normalized spacial score (nSPS) is 27.3. The molecule has 0 N–H and O–H groups in total. The number of carbonyl (C=O) groups excluding carboxylic acids is 1. The van der Waals surface area contributed by atoms with Crippen molar-refractivity contribution in [3.05, 3.63) is 35.6 Å². The van der Waals surface area contributed by atoms with Crippen molar-refractivity contribution in [1.82, 2.24) is 0 Å². The minimum atomic E-state index is -0.173. The molecular formula is C14H17N2OW-. The Kier molecular flexibility index (Phi) is 4.24. The number of nitrogens with zero attached hydrogens (tertiary/aromatic N) is 2. The maximum Gasteiger partial charge on any atom is 0.231 e. The first-order valence-corrected chi connectivity index (χ1v) is 6.32. The summed E-state index contributed by atoms with van der Waals surface area (Å²) in [6, 6.07) is 9.97. The molecule has 2 heterocycles. The molecule has 1 aromatic carbocycles. The summed E-state index contributed by atoms with van der Waals surface area (Å²) in [6.07, 6.45) is 3.04. The molecule has 0 radical (unpaired) electrons. The van der Waals surface area contributed by atoms with Crippen molar-refractivity contribution in [2.75, 3.05) is 24.5 Å². The van der Waals surface area contributed by atoms with Gasteiger partial charge in [0.05, 0.1) is 0 Å². The van der Waals surface area contributed by atoms with Gasteiger partial charge in [-0.3, -0.25) is 4.79 Å². The van der Waals surface area contributed by atoms with Gasteiger partial charge in [-0.2, -0.15) is 0 Å². The largest absolute Gasteiger partial charge is 0.661 e. The average molecular weight is 413 g/mol. The van der Waals surface area contributed by atoms with Gasteiger partial charge < -0.3 is 10.2 Å². The van der Waals surface area contributed by atoms with Crippen LogP contribution in [0.4, 0.5) is 5.69 Å². The van der Waals surface area contributed by atoms with Crippen LogP contribution in [0, 0.1) is 5.41 Å². The second-order valence-electron chi connectivity index (χ2n) is 5.03. The number of amides is 1. The Morgan fingerprint density at radius 1 is 1.17 bits per heavy atom. The van der Waals surface area contributed by atoms with Crippen LogP contribution in [-0.2, 0) is 25.9 Å². The van der Waals surface area contributed by atoms with Crippen molar-refractivity contribution in [3.8, 4) is 0 Å². The van der Waals surface area contributed by atoms with E-state index in [4.69, 9.17) is 0 Å². The molecule has 1 unspecified atom stereocenters. The molecule has 96 valence electrons. The van der Waals surface area contributed by atoms with Gasteiger partial charge in [-0.1, -0.05) is 24.6 Å². The van der Waals surface area contributed by atoms with Crippen LogP contribution >= 0.6 is 0 Å². The Labute approximate surface area is 122 Å². The second-order valence-corrected chi connectivity index (χ2v) is 5.03. The smallest absolute Gasteiger partial charge is 0.231 e. The van der Waals surface area contributed by atoms with Gasteiger partial charge in [0.1, 0.15) is 0 Å². The molecule has 1 atom stereocenters. The quantitative estimate of drug-likeness (QED) is 0.697. The summed E-state index contributed by atoms with van der Waals surface area (Å²) < 4.78 is 0. The Bertz CT molecular complexity index is 415. The Balaban J connectivity index is 0.00000120. The van der Waals surface area contributed by atoms with Gasteiger partial charge in [0.2, 0.25) is 5.91 Å². The number of piperidine rings is 1. The summed E-state index contributed by atoms with van der Waals surface area (Å²) in [5.74, 6) is 0.284. The first kappa shape index (κ1) is 13.8. The van der Waals surface area contributed by atoms with Gasteiger partial charge >= 0.3 is 0 Å². The first-order chi connectivity index (χ1) is 8.32. The standard InChI is InChI=1S/C14H17N2O.W/c17-13-14(7-4-9-15-11-14)8-10-16(13)12-5-2-1-3-6-12;/h1-3,5-6H,4,7-11H2;/q-1;. The third-order valence-electron chi connectivity index (χ3n) is 3.97. The molecule has 2 fully saturated rings. The number of hydrogen-bond acceptors (Lipinski definition) is 1. The summed E-state index contributed by atoms with van der Waals surface area (Å²) in [5.41, 5.74) is 0.855. The van der Waals surface area contributed by atoms with Crippen LogP contribution < -0.4 is 4.90 Å². The van der Waals surface area contributed by atoms with Gasteiger partial charge in [0, 0.05) is 38.7 Å². The minimum absolute atomic E-state index is 0. The molecule has 1 spiro atoms. The van der Waals surface area contributed by atoms with Gasteiger partial charge in [-0.05, 0) is 25.0 Å². The molecule has 0 bridgehead atoms. The van der Waals surface area contributed by atoms with Crippen LogP contribution in [0.3, 0.4) is 0 Å². The summed E-state index contributed by atoms with van der Waals surface area (Å²) >= 11 is 0. The van der Waals surface area contributed by atoms with Gasteiger partial charge in [0.15, 0.2) is 0 Å². The zero-order valence-electron chi connectivity index (χ0n) is 10.3. The van der Waals surface area contributed by atoms with E-state index < -0.39 is 0 Å². The molecule has 2 aliphatic heterocycles. The molecule has 0 aromatic heterocycles. The fourth-order valence-electron chi connectivity index (χ4n) is 2.95. The molecule has 4 heteroatoms. The maximum absolute atomic E-state index is 12.5. The molecular weight excluding hydrogens is 396 g/mol. The SMILES string of the molecule is O=C1N(c2ccccc2)CCC12CCC[N-]C2.[W]. The molecule has 0 saturated carbocycles. The van der Waals surface area contributed by atoms with Gasteiger partial charge in [-0.15, -0.1) is 13.1 Å². The van der Waals surface area contributed by atoms with Gasteiger partial charge in [-0.25, -0.2) is 0 Å². The van der Waals surface area contributed by atoms with Crippen LogP contribution in [0.25, 0.3) is 5.32 Å². The fourth-order valence-corrected chi connectivity index (χ4v) is 2.95. The van der Waals surface area contributed by atoms with Crippen LogP contribution in [-0.4, -0.2) is 25.5 Å². The van der Waals surface area contributed by atoms with Crippen LogP contribution in [0.2, 0.25) is 0 Å². The Morgan fingerprint density at radius 2 is 1.94 bits per heavy atom. The predicted molar refractivity (Wildman–Crippen MR) is 68.2 cm³/mol. The van der Waals surface area contributed by atoms with Crippen LogP contribution in [0.1, 0.15) is 19.3 Å². The zero-order chi connectivity index (χ0) is 11.7. The van der Waals surface area contributed by atoms with E-state index in [9.17, 15) is 4.79 Å². The van der Waals surface area contributed by atoms with Crippen molar-refractivity contribution in [2.45, 2.75) is 19.3 Å². The molecule has 0 aliphatic carbocycles. The maximum atomic E-state index is 12.5. The van der Waals surface area contributed by atoms with E-state index in [1.807, 2.05) is 35.2 Å². The van der Waals surface area contributed by atoms with E-state index in [0.29, 0.717) is 0 Å². The van der Waals surface area contributed by atoms with Crippen molar-refractivity contribution < 1.29 is 25.9 Å². The van der Waals surface area contributed by atoms with E-state index in [1.165, 1.54) is 0 Å². The summed E-state index contributed by atoms with van der Waals surface area (Å²) in [7, 11) is 0. The topological polar surface area (TPSA) is 34.4 Å². The van der Waals surface area contributed by atoms with E-state index in [-0.39, 0.29) is 32.4 Å². The van der Waals surface area contributed by atoms with Gasteiger partial charge in [0.25, 0.3) is 0 Å². The molecule has 2 aliphatic rings. The monoisotopic (exact) mass is 413 g/mol. The fraction of sp³-hybridized carbons (Fsp3) is 0.500. The number of benzene rings is 1. The number of rotatable bonds is 1. The molecule has 2 saturated heterocycles. The predicted octanol–water partition coefficient (Wildman–Crippen LogP) is 2.57. The summed E-state index contributed by atoms with van der Waals surface area (Å²) in [5, 5.41) is 4.44. The van der Waals surface area contributed by atoms with E-state index in [1.54, 1.807) is 0 Å². The van der Waals surface area contributed by atoms with E-state index in [2.05, 4.69) is 5.32 Å². The van der Waals surface area contributed by atoms with Crippen LogP contribution in [0.5, 0.6) is 0 Å². The van der Waals surface area contributed by atoms with Crippen molar-refractivity contribution in [3.63, 3.8) is 0 Å². The van der Waals surface area contributed by atoms with Crippen molar-refractivity contribution in [2.24, 2.45) is 5.41 Å². The summed E-state index contributed by atoms with van der Waals surface area (Å²) in [4.78, 5) is 14.5. The average Bonchev–Trinajstić information content (AvgIpc) is 2.70. The zero-order valence-corrected chi connectivity index (χ0v) is 13.3. The van der Waals surface area contributed by atoms with Crippen LogP contribution in [0.15, 0.2) is 30.3 Å². The molecule has 3 nitrogen and oxygen atoms in total. The number of para-hydroxylation sites is 1.